The zero-order valence-electron chi connectivity index (χ0n) is 13.5. The largest absolute Gasteiger partial charge is 0.493 e. The van der Waals surface area contributed by atoms with Gasteiger partial charge < -0.3 is 19.5 Å². The Morgan fingerprint density at radius 1 is 1.09 bits per heavy atom. The van der Waals surface area contributed by atoms with Gasteiger partial charge in [-0.15, -0.1) is 0 Å². The molecule has 0 bridgehead atoms. The fourth-order valence-electron chi connectivity index (χ4n) is 2.18. The van der Waals surface area contributed by atoms with Crippen LogP contribution in [0.25, 0.3) is 0 Å². The summed E-state index contributed by atoms with van der Waals surface area (Å²) in [7, 11) is 4.68. The van der Waals surface area contributed by atoms with Crippen LogP contribution in [0.3, 0.4) is 0 Å². The highest BCUT2D eigenvalue weighted by Crippen LogP contribution is 2.27. The van der Waals surface area contributed by atoms with Crippen LogP contribution in [0.1, 0.15) is 15.9 Å². The third-order valence-corrected chi connectivity index (χ3v) is 3.36. The summed E-state index contributed by atoms with van der Waals surface area (Å²) in [6.45, 7) is 0.492. The number of carbonyl (C=O) groups is 1. The summed E-state index contributed by atoms with van der Waals surface area (Å²) in [5, 5.41) is 2.86. The van der Waals surface area contributed by atoms with Crippen molar-refractivity contribution in [2.45, 2.75) is 6.42 Å². The van der Waals surface area contributed by atoms with Crippen LogP contribution < -0.4 is 19.5 Å². The number of nitrogens with one attached hydrogen (secondary N) is 1. The fourth-order valence-corrected chi connectivity index (χ4v) is 2.18. The third-order valence-electron chi connectivity index (χ3n) is 3.36. The lowest BCUT2D eigenvalue weighted by Crippen LogP contribution is -2.26. The van der Waals surface area contributed by atoms with Crippen LogP contribution in [0.2, 0.25) is 0 Å². The number of hydrogen-bond donors (Lipinski definition) is 1. The summed E-state index contributed by atoms with van der Waals surface area (Å²) in [4.78, 5) is 16.2. The highest BCUT2D eigenvalue weighted by Gasteiger charge is 2.12. The Morgan fingerprint density at radius 3 is 2.57 bits per heavy atom. The Morgan fingerprint density at radius 2 is 1.87 bits per heavy atom. The first-order valence-corrected chi connectivity index (χ1v) is 7.17. The summed E-state index contributed by atoms with van der Waals surface area (Å²) < 4.78 is 15.6. The number of aromatic nitrogens is 1. The number of carbonyl (C=O) groups excluding carboxylic acids is 1. The normalized spacial score (nSPS) is 10.0. The second-order valence-electron chi connectivity index (χ2n) is 4.76. The first kappa shape index (κ1) is 16.6. The van der Waals surface area contributed by atoms with Gasteiger partial charge in [0.15, 0.2) is 11.5 Å². The number of benzene rings is 1. The average molecular weight is 316 g/mol. The summed E-state index contributed by atoms with van der Waals surface area (Å²) in [6, 6.07) is 9.07. The van der Waals surface area contributed by atoms with E-state index in [-0.39, 0.29) is 5.91 Å². The van der Waals surface area contributed by atoms with Crippen molar-refractivity contribution in [1.82, 2.24) is 10.3 Å². The third kappa shape index (κ3) is 4.12. The predicted octanol–water partition coefficient (Wildman–Crippen LogP) is 2.08. The van der Waals surface area contributed by atoms with Gasteiger partial charge >= 0.3 is 0 Å². The van der Waals surface area contributed by atoms with Gasteiger partial charge in [-0.3, -0.25) is 4.79 Å². The maximum Gasteiger partial charge on any atom is 0.256 e. The quantitative estimate of drug-likeness (QED) is 0.847. The number of ether oxygens (including phenoxy) is 3. The molecule has 122 valence electrons. The van der Waals surface area contributed by atoms with Crippen LogP contribution in [0.15, 0.2) is 36.5 Å². The molecule has 0 atom stereocenters. The molecule has 0 saturated carbocycles. The van der Waals surface area contributed by atoms with Crippen molar-refractivity contribution >= 4 is 5.91 Å². The number of hydrogen-bond acceptors (Lipinski definition) is 5. The van der Waals surface area contributed by atoms with E-state index in [1.165, 1.54) is 7.11 Å². The van der Waals surface area contributed by atoms with E-state index in [0.29, 0.717) is 35.9 Å². The van der Waals surface area contributed by atoms with E-state index in [1.54, 1.807) is 32.5 Å². The van der Waals surface area contributed by atoms with Crippen molar-refractivity contribution < 1.29 is 19.0 Å². The van der Waals surface area contributed by atoms with Gasteiger partial charge in [-0.05, 0) is 36.2 Å². The van der Waals surface area contributed by atoms with Crippen molar-refractivity contribution in [2.75, 3.05) is 27.9 Å². The molecule has 6 heteroatoms. The lowest BCUT2D eigenvalue weighted by molar-refractivity contribution is 0.0950. The van der Waals surface area contributed by atoms with Gasteiger partial charge in [-0.25, -0.2) is 4.98 Å². The molecule has 0 radical (unpaired) electrons. The Hall–Kier alpha value is -2.76. The molecule has 0 saturated heterocycles. The van der Waals surface area contributed by atoms with Gasteiger partial charge in [0.25, 0.3) is 5.91 Å². The van der Waals surface area contributed by atoms with Crippen LogP contribution >= 0.6 is 0 Å². The van der Waals surface area contributed by atoms with E-state index in [1.807, 2.05) is 18.2 Å². The molecule has 0 aliphatic rings. The molecule has 0 aliphatic carbocycles. The van der Waals surface area contributed by atoms with Crippen LogP contribution in [0.5, 0.6) is 17.4 Å². The van der Waals surface area contributed by atoms with Crippen molar-refractivity contribution in [3.63, 3.8) is 0 Å². The minimum atomic E-state index is -0.213. The van der Waals surface area contributed by atoms with E-state index in [4.69, 9.17) is 14.2 Å². The Labute approximate surface area is 135 Å². The minimum Gasteiger partial charge on any atom is -0.493 e. The molecular formula is C17H20N2O4. The lowest BCUT2D eigenvalue weighted by atomic mass is 10.1. The van der Waals surface area contributed by atoms with Crippen molar-refractivity contribution in [3.8, 4) is 17.4 Å². The molecule has 1 N–H and O–H groups in total. The maximum absolute atomic E-state index is 12.2. The second-order valence-corrected chi connectivity index (χ2v) is 4.76. The second kappa shape index (κ2) is 8.03. The van der Waals surface area contributed by atoms with Crippen LogP contribution in [0.4, 0.5) is 0 Å². The molecule has 6 nitrogen and oxygen atoms in total. The molecule has 1 aromatic carbocycles. The standard InChI is InChI=1S/C17H20N2O4/c1-21-14-7-6-12(11-15(14)22-2)8-10-18-16(20)13-5-4-9-19-17(13)23-3/h4-7,9,11H,8,10H2,1-3H3,(H,18,20). The zero-order valence-corrected chi connectivity index (χ0v) is 13.5. The van der Waals surface area contributed by atoms with E-state index < -0.39 is 0 Å². The summed E-state index contributed by atoms with van der Waals surface area (Å²) in [5.41, 5.74) is 1.46. The predicted molar refractivity (Wildman–Crippen MR) is 86.4 cm³/mol. The van der Waals surface area contributed by atoms with Gasteiger partial charge in [0.1, 0.15) is 5.56 Å². The fraction of sp³-hybridized carbons (Fsp3) is 0.294. The minimum absolute atomic E-state index is 0.213. The topological polar surface area (TPSA) is 69.7 Å². The van der Waals surface area contributed by atoms with Gasteiger partial charge in [0.05, 0.1) is 21.3 Å². The summed E-state index contributed by atoms with van der Waals surface area (Å²) >= 11 is 0. The van der Waals surface area contributed by atoms with Crippen LogP contribution in [-0.2, 0) is 6.42 Å². The Bertz CT molecular complexity index is 673. The molecule has 2 rings (SSSR count). The van der Waals surface area contributed by atoms with Crippen molar-refractivity contribution in [3.05, 3.63) is 47.7 Å². The number of rotatable bonds is 7. The first-order valence-electron chi connectivity index (χ1n) is 7.17. The van der Waals surface area contributed by atoms with E-state index >= 15 is 0 Å². The zero-order chi connectivity index (χ0) is 16.7. The van der Waals surface area contributed by atoms with Crippen molar-refractivity contribution in [1.29, 1.82) is 0 Å². The smallest absolute Gasteiger partial charge is 0.256 e. The van der Waals surface area contributed by atoms with Gasteiger partial charge in [-0.1, -0.05) is 6.07 Å². The molecule has 0 spiro atoms. The first-order chi connectivity index (χ1) is 11.2. The Kier molecular flexibility index (Phi) is 5.80. The van der Waals surface area contributed by atoms with Crippen LogP contribution in [-0.4, -0.2) is 38.8 Å². The van der Waals surface area contributed by atoms with Gasteiger partial charge in [-0.2, -0.15) is 0 Å². The number of nitrogens with zero attached hydrogens (tertiary/aromatic N) is 1. The molecular weight excluding hydrogens is 296 g/mol. The molecule has 2 aromatic rings. The highest BCUT2D eigenvalue weighted by molar-refractivity contribution is 5.96. The number of amides is 1. The molecule has 1 heterocycles. The number of pyridine rings is 1. The van der Waals surface area contributed by atoms with E-state index in [2.05, 4.69) is 10.3 Å². The monoisotopic (exact) mass is 316 g/mol. The molecule has 23 heavy (non-hydrogen) atoms. The van der Waals surface area contributed by atoms with Crippen molar-refractivity contribution in [2.24, 2.45) is 0 Å². The molecule has 0 aliphatic heterocycles. The summed E-state index contributed by atoms with van der Waals surface area (Å²) in [5.74, 6) is 1.46. The molecule has 0 unspecified atom stereocenters. The van der Waals surface area contributed by atoms with E-state index in [0.717, 1.165) is 5.56 Å². The Balaban J connectivity index is 1.95. The lowest BCUT2D eigenvalue weighted by Gasteiger charge is -2.10. The molecule has 1 amide bonds. The van der Waals surface area contributed by atoms with E-state index in [9.17, 15) is 4.79 Å². The molecule has 0 fully saturated rings. The van der Waals surface area contributed by atoms with Crippen LogP contribution in [0, 0.1) is 0 Å². The molecule has 1 aromatic heterocycles. The average Bonchev–Trinajstić information content (AvgIpc) is 2.61. The summed E-state index contributed by atoms with van der Waals surface area (Å²) in [6.07, 6.45) is 2.26. The maximum atomic E-state index is 12.2. The number of methoxy groups -OCH3 is 3. The van der Waals surface area contributed by atoms with Gasteiger partial charge in [0.2, 0.25) is 5.88 Å². The van der Waals surface area contributed by atoms with Gasteiger partial charge in [0, 0.05) is 12.7 Å². The highest BCUT2D eigenvalue weighted by atomic mass is 16.5. The SMILES string of the molecule is COc1ccc(CCNC(=O)c2cccnc2OC)cc1OC.